The average molecular weight is 494 g/mol. The minimum absolute atomic E-state index is 0.122. The number of rotatable bonds is 8. The van der Waals surface area contributed by atoms with Crippen LogP contribution in [0.25, 0.3) is 6.08 Å². The highest BCUT2D eigenvalue weighted by molar-refractivity contribution is 7.92. The largest absolute Gasteiger partial charge is 0.459 e. The molecule has 0 radical (unpaired) electrons. The highest BCUT2D eigenvalue weighted by Crippen LogP contribution is 2.14. The van der Waals surface area contributed by atoms with Crippen molar-refractivity contribution in [1.29, 1.82) is 0 Å². The van der Waals surface area contributed by atoms with E-state index in [9.17, 15) is 18.0 Å². The number of sulfonamides is 1. The van der Waals surface area contributed by atoms with E-state index in [1.54, 1.807) is 17.0 Å². The zero-order valence-electron chi connectivity index (χ0n) is 19.1. The molecule has 182 valence electrons. The lowest BCUT2D eigenvalue weighted by molar-refractivity contribution is -0.134. The van der Waals surface area contributed by atoms with Gasteiger partial charge < -0.3 is 14.6 Å². The van der Waals surface area contributed by atoms with Crippen molar-refractivity contribution in [2.45, 2.75) is 12.5 Å². The number of nitrogens with one attached hydrogen (secondary N) is 1. The molecular formula is C26H27N3O5S. The first-order valence-electron chi connectivity index (χ1n) is 11.3. The molecule has 8 nitrogen and oxygen atoms in total. The molecule has 2 heterocycles. The van der Waals surface area contributed by atoms with E-state index in [0.717, 1.165) is 11.1 Å². The van der Waals surface area contributed by atoms with Crippen LogP contribution < -0.4 is 5.32 Å². The molecule has 1 N–H and O–H groups in total. The maximum absolute atomic E-state index is 13.4. The molecule has 1 aromatic heterocycles. The van der Waals surface area contributed by atoms with Gasteiger partial charge in [-0.25, -0.2) is 8.42 Å². The van der Waals surface area contributed by atoms with Crippen LogP contribution in [0.2, 0.25) is 0 Å². The van der Waals surface area contributed by atoms with E-state index < -0.39 is 22.0 Å². The van der Waals surface area contributed by atoms with Crippen LogP contribution in [0.15, 0.2) is 88.9 Å². The fourth-order valence-electron chi connectivity index (χ4n) is 3.89. The smallest absolute Gasteiger partial charge is 0.287 e. The normalized spacial score (nSPS) is 15.7. The summed E-state index contributed by atoms with van der Waals surface area (Å²) in [5.41, 5.74) is 1.69. The number of benzene rings is 2. The van der Waals surface area contributed by atoms with Crippen molar-refractivity contribution in [2.75, 3.05) is 26.2 Å². The van der Waals surface area contributed by atoms with Crippen LogP contribution in [0.3, 0.4) is 0 Å². The lowest BCUT2D eigenvalue weighted by Gasteiger charge is -2.35. The third kappa shape index (κ3) is 6.46. The summed E-state index contributed by atoms with van der Waals surface area (Å²) in [6.45, 7) is 0.826. The summed E-state index contributed by atoms with van der Waals surface area (Å²) in [5.74, 6) is -0.612. The number of hydrogen-bond donors (Lipinski definition) is 1. The zero-order chi connectivity index (χ0) is 24.7. The van der Waals surface area contributed by atoms with Gasteiger partial charge >= 0.3 is 0 Å². The van der Waals surface area contributed by atoms with Crippen molar-refractivity contribution in [2.24, 2.45) is 0 Å². The third-order valence-corrected chi connectivity index (χ3v) is 7.34. The average Bonchev–Trinajstić information content (AvgIpc) is 3.43. The van der Waals surface area contributed by atoms with Crippen LogP contribution in [0, 0.1) is 0 Å². The molecule has 9 heteroatoms. The number of hydrogen-bond acceptors (Lipinski definition) is 5. The Kier molecular flexibility index (Phi) is 7.79. The predicted octanol–water partition coefficient (Wildman–Crippen LogP) is 2.77. The molecule has 4 rings (SSSR count). The number of amides is 2. The molecule has 1 aliphatic heterocycles. The van der Waals surface area contributed by atoms with Gasteiger partial charge in [0.15, 0.2) is 5.76 Å². The second-order valence-corrected chi connectivity index (χ2v) is 9.99. The van der Waals surface area contributed by atoms with E-state index in [2.05, 4.69) is 5.32 Å². The summed E-state index contributed by atoms with van der Waals surface area (Å²) in [7, 11) is -3.62. The number of piperazine rings is 1. The van der Waals surface area contributed by atoms with Crippen molar-refractivity contribution in [3.05, 3.63) is 101 Å². The van der Waals surface area contributed by atoms with E-state index >= 15 is 0 Å². The highest BCUT2D eigenvalue weighted by atomic mass is 32.2. The molecule has 1 fully saturated rings. The second kappa shape index (κ2) is 11.2. The number of carbonyl (C=O) groups excluding carboxylic acids is 2. The van der Waals surface area contributed by atoms with Gasteiger partial charge in [0, 0.05) is 38.0 Å². The Morgan fingerprint density at radius 2 is 1.57 bits per heavy atom. The lowest BCUT2D eigenvalue weighted by Crippen LogP contribution is -2.56. The van der Waals surface area contributed by atoms with Crippen molar-refractivity contribution < 1.29 is 22.4 Å². The van der Waals surface area contributed by atoms with E-state index in [1.165, 1.54) is 22.0 Å². The predicted molar refractivity (Wildman–Crippen MR) is 133 cm³/mol. The quantitative estimate of drug-likeness (QED) is 0.520. The first kappa shape index (κ1) is 24.4. The van der Waals surface area contributed by atoms with Gasteiger partial charge in [-0.15, -0.1) is 0 Å². The summed E-state index contributed by atoms with van der Waals surface area (Å²) in [6, 6.07) is 20.9. The van der Waals surface area contributed by atoms with Gasteiger partial charge in [-0.1, -0.05) is 60.7 Å². The Bertz CT molecular complexity index is 1250. The van der Waals surface area contributed by atoms with Crippen molar-refractivity contribution >= 4 is 27.9 Å². The molecule has 0 aliphatic carbocycles. The van der Waals surface area contributed by atoms with E-state index in [4.69, 9.17) is 4.42 Å². The molecule has 35 heavy (non-hydrogen) atoms. The van der Waals surface area contributed by atoms with E-state index in [1.807, 2.05) is 60.7 Å². The Balaban J connectivity index is 1.41. The van der Waals surface area contributed by atoms with Crippen molar-refractivity contribution in [3.8, 4) is 0 Å². The van der Waals surface area contributed by atoms with Crippen LogP contribution in [0.1, 0.15) is 21.7 Å². The standard InChI is InChI=1S/C26H27N3O5S/c30-25(24-12-7-18-34-24)27-23(20-22-10-5-2-6-11-22)26(31)28-14-16-29(17-15-28)35(32,33)19-13-21-8-3-1-4-9-21/h1-13,18-19,23H,14-17,20H2,(H,27,30)/b19-13+/t23-/m0/s1. The molecule has 1 atom stereocenters. The molecule has 2 amide bonds. The van der Waals surface area contributed by atoms with Crippen LogP contribution in [0.4, 0.5) is 0 Å². The Morgan fingerprint density at radius 1 is 0.914 bits per heavy atom. The summed E-state index contributed by atoms with van der Waals surface area (Å²) >= 11 is 0. The van der Waals surface area contributed by atoms with Crippen LogP contribution >= 0.6 is 0 Å². The molecule has 0 spiro atoms. The van der Waals surface area contributed by atoms with Gasteiger partial charge in [0.2, 0.25) is 15.9 Å². The molecule has 3 aromatic rings. The van der Waals surface area contributed by atoms with Crippen LogP contribution in [-0.2, 0) is 21.2 Å². The molecule has 1 saturated heterocycles. The summed E-state index contributed by atoms with van der Waals surface area (Å²) in [6.07, 6.45) is 3.27. The topological polar surface area (TPSA) is 99.9 Å². The van der Waals surface area contributed by atoms with Gasteiger partial charge in [0.05, 0.1) is 6.26 Å². The minimum Gasteiger partial charge on any atom is -0.459 e. The Morgan fingerprint density at radius 3 is 2.20 bits per heavy atom. The fraction of sp³-hybridized carbons (Fsp3) is 0.231. The first-order chi connectivity index (χ1) is 16.9. The first-order valence-corrected chi connectivity index (χ1v) is 12.8. The highest BCUT2D eigenvalue weighted by Gasteiger charge is 2.32. The van der Waals surface area contributed by atoms with Gasteiger partial charge in [-0.3, -0.25) is 9.59 Å². The van der Waals surface area contributed by atoms with Crippen LogP contribution in [0.5, 0.6) is 0 Å². The summed E-state index contributed by atoms with van der Waals surface area (Å²) in [5, 5.41) is 3.97. The Labute approximate surface area is 204 Å². The van der Waals surface area contributed by atoms with E-state index in [-0.39, 0.29) is 37.8 Å². The molecule has 0 unspecified atom stereocenters. The van der Waals surface area contributed by atoms with Crippen molar-refractivity contribution in [3.63, 3.8) is 0 Å². The molecule has 0 bridgehead atoms. The molecule has 1 aliphatic rings. The maximum atomic E-state index is 13.4. The van der Waals surface area contributed by atoms with Crippen molar-refractivity contribution in [1.82, 2.24) is 14.5 Å². The monoisotopic (exact) mass is 493 g/mol. The van der Waals surface area contributed by atoms with Crippen LogP contribution in [-0.4, -0.2) is 61.7 Å². The lowest BCUT2D eigenvalue weighted by atomic mass is 10.0. The summed E-state index contributed by atoms with van der Waals surface area (Å²) < 4.78 is 32.0. The zero-order valence-corrected chi connectivity index (χ0v) is 19.9. The fourth-order valence-corrected chi connectivity index (χ4v) is 5.06. The third-order valence-electron chi connectivity index (χ3n) is 5.77. The minimum atomic E-state index is -3.62. The van der Waals surface area contributed by atoms with Gasteiger partial charge in [-0.05, 0) is 29.3 Å². The molecule has 0 saturated carbocycles. The molecule has 2 aromatic carbocycles. The molecular weight excluding hydrogens is 466 g/mol. The number of carbonyl (C=O) groups is 2. The Hall–Kier alpha value is -3.69. The number of nitrogens with zero attached hydrogens (tertiary/aromatic N) is 2. The summed E-state index contributed by atoms with van der Waals surface area (Å²) in [4.78, 5) is 27.6. The van der Waals surface area contributed by atoms with Gasteiger partial charge in [0.25, 0.3) is 5.91 Å². The van der Waals surface area contributed by atoms with E-state index in [0.29, 0.717) is 6.42 Å². The maximum Gasteiger partial charge on any atom is 0.287 e. The van der Waals surface area contributed by atoms with Gasteiger partial charge in [-0.2, -0.15) is 4.31 Å². The second-order valence-electron chi connectivity index (χ2n) is 8.18. The van der Waals surface area contributed by atoms with Gasteiger partial charge in [0.1, 0.15) is 6.04 Å². The SMILES string of the molecule is O=C(N[C@@H](Cc1ccccc1)C(=O)N1CCN(S(=O)(=O)/C=C/c2ccccc2)CC1)c1ccco1. The number of furan rings is 1.